The average Bonchev–Trinajstić information content (AvgIpc) is 2.26. The molecule has 0 radical (unpaired) electrons. The van der Waals surface area contributed by atoms with E-state index in [2.05, 4.69) is 33.4 Å². The largest absolute Gasteiger partial charge is 0.349 e. The van der Waals surface area contributed by atoms with Gasteiger partial charge in [0.25, 0.3) is 0 Å². The molecule has 1 rings (SSSR count). The molecule has 0 aliphatic rings. The van der Waals surface area contributed by atoms with Crippen LogP contribution in [0.1, 0.15) is 0 Å². The molecule has 0 atom stereocenters. The van der Waals surface area contributed by atoms with Crippen LogP contribution in [0.4, 0.5) is 5.69 Å². The summed E-state index contributed by atoms with van der Waals surface area (Å²) in [5.74, 6) is 1.44. The fourth-order valence-electron chi connectivity index (χ4n) is 1.07. The number of anilines is 1. The molecule has 0 amide bonds. The molecular formula is C11H16BrN3S. The second kappa shape index (κ2) is 6.81. The van der Waals surface area contributed by atoms with E-state index in [1.807, 2.05) is 26.2 Å². The first-order valence-corrected chi connectivity index (χ1v) is 7.06. The third-order valence-corrected chi connectivity index (χ3v) is 3.81. The zero-order valence-electron chi connectivity index (χ0n) is 9.46. The average molecular weight is 302 g/mol. The first kappa shape index (κ1) is 13.4. The van der Waals surface area contributed by atoms with E-state index in [0.717, 1.165) is 16.8 Å². The van der Waals surface area contributed by atoms with Gasteiger partial charge >= 0.3 is 0 Å². The molecule has 0 heterocycles. The van der Waals surface area contributed by atoms with E-state index < -0.39 is 0 Å². The Morgan fingerprint density at radius 1 is 1.50 bits per heavy atom. The third kappa shape index (κ3) is 4.45. The minimum atomic E-state index is 0.391. The fourth-order valence-corrected chi connectivity index (χ4v) is 2.25. The Bertz CT molecular complexity index is 355. The van der Waals surface area contributed by atoms with Crippen molar-refractivity contribution in [3.63, 3.8) is 0 Å². The van der Waals surface area contributed by atoms with Gasteiger partial charge in [0.2, 0.25) is 0 Å². The van der Waals surface area contributed by atoms with Gasteiger partial charge in [0.05, 0.1) is 0 Å². The van der Waals surface area contributed by atoms with Crippen LogP contribution in [0.15, 0.2) is 29.2 Å². The molecule has 16 heavy (non-hydrogen) atoms. The van der Waals surface area contributed by atoms with Crippen molar-refractivity contribution < 1.29 is 0 Å². The molecule has 1 aromatic carbocycles. The molecule has 0 aromatic heterocycles. The summed E-state index contributed by atoms with van der Waals surface area (Å²) in [6, 6.07) is 8.11. The van der Waals surface area contributed by atoms with Crippen molar-refractivity contribution in [2.45, 2.75) is 4.90 Å². The van der Waals surface area contributed by atoms with Gasteiger partial charge < -0.3 is 10.2 Å². The summed E-state index contributed by atoms with van der Waals surface area (Å²) in [6.45, 7) is 0. The molecule has 0 unspecified atom stereocenters. The van der Waals surface area contributed by atoms with Gasteiger partial charge in [-0.15, -0.1) is 11.8 Å². The quantitative estimate of drug-likeness (QED) is 0.388. The number of thioether (sulfide) groups is 1. The van der Waals surface area contributed by atoms with Crippen LogP contribution in [-0.4, -0.2) is 36.0 Å². The summed E-state index contributed by atoms with van der Waals surface area (Å²) in [4.78, 5) is 2.95. The molecule has 0 bridgehead atoms. The van der Waals surface area contributed by atoms with Crippen molar-refractivity contribution in [2.75, 3.05) is 30.5 Å². The predicted octanol–water partition coefficient (Wildman–Crippen LogP) is 3.08. The standard InChI is InChI=1S/C11H16BrN3S/c1-15(2)11(13)14-9-4-3-5-10(8-9)16-7-6-12/h3-5,8H,6-7H2,1-2H3,(H2,13,14). The van der Waals surface area contributed by atoms with Gasteiger partial charge in [-0.25, -0.2) is 0 Å². The summed E-state index contributed by atoms with van der Waals surface area (Å²) in [7, 11) is 3.69. The summed E-state index contributed by atoms with van der Waals surface area (Å²) >= 11 is 5.21. The number of hydrogen-bond acceptors (Lipinski definition) is 2. The lowest BCUT2D eigenvalue weighted by atomic mass is 10.3. The van der Waals surface area contributed by atoms with E-state index in [1.54, 1.807) is 16.7 Å². The monoisotopic (exact) mass is 301 g/mol. The molecule has 1 aromatic rings. The summed E-state index contributed by atoms with van der Waals surface area (Å²) in [5.41, 5.74) is 0.957. The highest BCUT2D eigenvalue weighted by Gasteiger charge is 2.00. The van der Waals surface area contributed by atoms with E-state index in [0.29, 0.717) is 5.96 Å². The van der Waals surface area contributed by atoms with Gasteiger partial charge in [-0.3, -0.25) is 5.41 Å². The Morgan fingerprint density at radius 3 is 2.88 bits per heavy atom. The highest BCUT2D eigenvalue weighted by molar-refractivity contribution is 9.09. The highest BCUT2D eigenvalue weighted by atomic mass is 79.9. The van der Waals surface area contributed by atoms with Crippen LogP contribution < -0.4 is 5.32 Å². The van der Waals surface area contributed by atoms with Gasteiger partial charge in [0.15, 0.2) is 5.96 Å². The smallest absolute Gasteiger partial charge is 0.195 e. The Labute approximate surface area is 109 Å². The molecule has 5 heteroatoms. The van der Waals surface area contributed by atoms with Gasteiger partial charge in [0, 0.05) is 35.8 Å². The minimum Gasteiger partial charge on any atom is -0.349 e. The van der Waals surface area contributed by atoms with Crippen LogP contribution in [-0.2, 0) is 0 Å². The van der Waals surface area contributed by atoms with E-state index in [1.165, 1.54) is 4.90 Å². The second-order valence-corrected chi connectivity index (χ2v) is 5.39. The fraction of sp³-hybridized carbons (Fsp3) is 0.364. The molecule has 0 saturated heterocycles. The molecule has 0 fully saturated rings. The lowest BCUT2D eigenvalue weighted by Crippen LogP contribution is -2.28. The first-order chi connectivity index (χ1) is 7.63. The molecule has 3 nitrogen and oxygen atoms in total. The highest BCUT2D eigenvalue weighted by Crippen LogP contribution is 2.21. The lowest BCUT2D eigenvalue weighted by Gasteiger charge is -2.15. The van der Waals surface area contributed by atoms with Crippen molar-refractivity contribution in [2.24, 2.45) is 0 Å². The van der Waals surface area contributed by atoms with Crippen molar-refractivity contribution in [3.05, 3.63) is 24.3 Å². The first-order valence-electron chi connectivity index (χ1n) is 4.95. The third-order valence-electron chi connectivity index (χ3n) is 1.89. The number of alkyl halides is 1. The van der Waals surface area contributed by atoms with Gasteiger partial charge in [-0.1, -0.05) is 22.0 Å². The molecular weight excluding hydrogens is 286 g/mol. The molecule has 0 saturated carbocycles. The number of rotatable bonds is 4. The van der Waals surface area contributed by atoms with Crippen LogP contribution in [0.3, 0.4) is 0 Å². The Kier molecular flexibility index (Phi) is 5.69. The van der Waals surface area contributed by atoms with E-state index in [4.69, 9.17) is 5.41 Å². The van der Waals surface area contributed by atoms with Crippen LogP contribution in [0, 0.1) is 5.41 Å². The van der Waals surface area contributed by atoms with Gasteiger partial charge in [-0.05, 0) is 18.2 Å². The van der Waals surface area contributed by atoms with E-state index >= 15 is 0 Å². The zero-order valence-corrected chi connectivity index (χ0v) is 11.9. The van der Waals surface area contributed by atoms with E-state index in [9.17, 15) is 0 Å². The number of nitrogens with zero attached hydrogens (tertiary/aromatic N) is 1. The van der Waals surface area contributed by atoms with Crippen molar-refractivity contribution in [3.8, 4) is 0 Å². The Morgan fingerprint density at radius 2 is 2.25 bits per heavy atom. The zero-order chi connectivity index (χ0) is 12.0. The molecule has 2 N–H and O–H groups in total. The van der Waals surface area contributed by atoms with Crippen molar-refractivity contribution >= 4 is 39.3 Å². The van der Waals surface area contributed by atoms with Crippen LogP contribution >= 0.6 is 27.7 Å². The summed E-state index contributed by atoms with van der Waals surface area (Å²) in [5, 5.41) is 11.7. The lowest BCUT2D eigenvalue weighted by molar-refractivity contribution is 0.616. The Balaban J connectivity index is 2.63. The maximum Gasteiger partial charge on any atom is 0.195 e. The number of nitrogens with one attached hydrogen (secondary N) is 2. The maximum absolute atomic E-state index is 7.69. The predicted molar refractivity (Wildman–Crippen MR) is 76.0 cm³/mol. The summed E-state index contributed by atoms with van der Waals surface area (Å²) in [6.07, 6.45) is 0. The van der Waals surface area contributed by atoms with Crippen molar-refractivity contribution in [1.29, 1.82) is 5.41 Å². The number of hydrogen-bond donors (Lipinski definition) is 2. The van der Waals surface area contributed by atoms with E-state index in [-0.39, 0.29) is 0 Å². The topological polar surface area (TPSA) is 39.1 Å². The molecule has 0 aliphatic carbocycles. The van der Waals surface area contributed by atoms with Crippen LogP contribution in [0.2, 0.25) is 0 Å². The summed E-state index contributed by atoms with van der Waals surface area (Å²) < 4.78 is 0. The second-order valence-electron chi connectivity index (χ2n) is 3.43. The number of benzene rings is 1. The Hall–Kier alpha value is -0.680. The van der Waals surface area contributed by atoms with Crippen LogP contribution in [0.5, 0.6) is 0 Å². The molecule has 88 valence electrons. The normalized spacial score (nSPS) is 9.94. The maximum atomic E-state index is 7.69. The number of guanidine groups is 1. The van der Waals surface area contributed by atoms with Crippen molar-refractivity contribution in [1.82, 2.24) is 4.90 Å². The molecule has 0 aliphatic heterocycles. The minimum absolute atomic E-state index is 0.391. The van der Waals surface area contributed by atoms with Gasteiger partial charge in [0.1, 0.15) is 0 Å². The van der Waals surface area contributed by atoms with Gasteiger partial charge in [-0.2, -0.15) is 0 Å². The number of halogens is 1. The van der Waals surface area contributed by atoms with Crippen LogP contribution in [0.25, 0.3) is 0 Å². The molecule has 0 spiro atoms. The SMILES string of the molecule is CN(C)C(=N)Nc1cccc(SCCBr)c1.